The zero-order valence-electron chi connectivity index (χ0n) is 13.7. The third kappa shape index (κ3) is 3.58. The molecule has 0 atom stereocenters. The van der Waals surface area contributed by atoms with Gasteiger partial charge in [-0.15, -0.1) is 11.3 Å². The van der Waals surface area contributed by atoms with E-state index in [1.54, 1.807) is 24.3 Å². The summed E-state index contributed by atoms with van der Waals surface area (Å²) in [5.41, 5.74) is 2.16. The van der Waals surface area contributed by atoms with E-state index in [-0.39, 0.29) is 5.91 Å². The molecule has 2 aromatic heterocycles. The second kappa shape index (κ2) is 7.22. The highest BCUT2D eigenvalue weighted by atomic mass is 32.1. The van der Waals surface area contributed by atoms with E-state index in [0.29, 0.717) is 28.0 Å². The number of nitrogens with zero attached hydrogens (tertiary/aromatic N) is 2. The van der Waals surface area contributed by atoms with Crippen LogP contribution in [0.25, 0.3) is 11.4 Å². The first-order valence-corrected chi connectivity index (χ1v) is 9.08. The Morgan fingerprint density at radius 2 is 2.00 bits per heavy atom. The first-order chi connectivity index (χ1) is 12.7. The first kappa shape index (κ1) is 16.7. The highest BCUT2D eigenvalue weighted by Crippen LogP contribution is 2.29. The topological polar surface area (TPSA) is 110 Å². The zero-order valence-corrected chi connectivity index (χ0v) is 14.5. The predicted molar refractivity (Wildman–Crippen MR) is 95.4 cm³/mol. The molecular formula is C17H16N4O4S. The average Bonchev–Trinajstić information content (AvgIpc) is 3.32. The number of thiazole rings is 1. The van der Waals surface area contributed by atoms with Crippen molar-refractivity contribution in [1.82, 2.24) is 15.1 Å². The number of nitrogens with one attached hydrogen (secondary N) is 2. The molecule has 1 aromatic carbocycles. The minimum absolute atomic E-state index is 0.238. The monoisotopic (exact) mass is 372 g/mol. The summed E-state index contributed by atoms with van der Waals surface area (Å²) in [6, 6.07) is 6.70. The lowest BCUT2D eigenvalue weighted by molar-refractivity contribution is 0.0846. The van der Waals surface area contributed by atoms with Crippen molar-refractivity contribution >= 4 is 22.4 Å². The van der Waals surface area contributed by atoms with Crippen LogP contribution in [-0.4, -0.2) is 34.2 Å². The standard InChI is InChI=1S/C17H16N4O4S/c22-15(12-3-1-11(2-4-12)14-19-17(23)25-21-14)20-16-18-13(9-26-16)10-5-7-24-8-6-10/h1-4,9-10H,5-8H2,(H,18,20,22)(H,19,21,23). The summed E-state index contributed by atoms with van der Waals surface area (Å²) in [7, 11) is 0. The Balaban J connectivity index is 1.43. The maximum absolute atomic E-state index is 12.4. The van der Waals surface area contributed by atoms with Gasteiger partial charge in [0.25, 0.3) is 5.91 Å². The Morgan fingerprint density at radius 1 is 1.23 bits per heavy atom. The average molecular weight is 372 g/mol. The highest BCUT2D eigenvalue weighted by Gasteiger charge is 2.19. The van der Waals surface area contributed by atoms with Crippen LogP contribution in [0.15, 0.2) is 39.0 Å². The van der Waals surface area contributed by atoms with E-state index < -0.39 is 5.76 Å². The van der Waals surface area contributed by atoms with Gasteiger partial charge in [0.15, 0.2) is 11.0 Å². The van der Waals surface area contributed by atoms with Crippen LogP contribution in [0.5, 0.6) is 0 Å². The minimum atomic E-state index is -0.620. The number of aromatic nitrogens is 3. The van der Waals surface area contributed by atoms with Gasteiger partial charge in [0.2, 0.25) is 0 Å². The summed E-state index contributed by atoms with van der Waals surface area (Å²) < 4.78 is 9.84. The van der Waals surface area contributed by atoms with Gasteiger partial charge in [-0.2, -0.15) is 0 Å². The van der Waals surface area contributed by atoms with Crippen molar-refractivity contribution in [3.8, 4) is 11.4 Å². The quantitative estimate of drug-likeness (QED) is 0.728. The lowest BCUT2D eigenvalue weighted by Crippen LogP contribution is -2.15. The summed E-state index contributed by atoms with van der Waals surface area (Å²) in [5, 5.41) is 9.02. The molecule has 2 N–H and O–H groups in total. The smallest absolute Gasteiger partial charge is 0.381 e. The van der Waals surface area contributed by atoms with Crippen LogP contribution in [0.3, 0.4) is 0 Å². The minimum Gasteiger partial charge on any atom is -0.381 e. The fourth-order valence-electron chi connectivity index (χ4n) is 2.83. The van der Waals surface area contributed by atoms with E-state index in [9.17, 15) is 9.59 Å². The number of hydrogen-bond donors (Lipinski definition) is 2. The van der Waals surface area contributed by atoms with E-state index >= 15 is 0 Å². The number of anilines is 1. The number of rotatable bonds is 4. The number of benzene rings is 1. The van der Waals surface area contributed by atoms with Crippen LogP contribution in [0.1, 0.15) is 34.8 Å². The Morgan fingerprint density at radius 3 is 2.69 bits per heavy atom. The number of carbonyl (C=O) groups is 1. The van der Waals surface area contributed by atoms with E-state index in [4.69, 9.17) is 4.74 Å². The van der Waals surface area contributed by atoms with E-state index in [1.165, 1.54) is 11.3 Å². The number of carbonyl (C=O) groups excluding carboxylic acids is 1. The van der Waals surface area contributed by atoms with Crippen LogP contribution in [0.4, 0.5) is 5.13 Å². The summed E-state index contributed by atoms with van der Waals surface area (Å²) in [6.07, 6.45) is 1.92. The lowest BCUT2D eigenvalue weighted by atomic mass is 9.98. The molecule has 3 aromatic rings. The predicted octanol–water partition coefficient (Wildman–Crippen LogP) is 2.63. The largest absolute Gasteiger partial charge is 0.439 e. The molecule has 26 heavy (non-hydrogen) atoms. The van der Waals surface area contributed by atoms with Crippen LogP contribution in [0.2, 0.25) is 0 Å². The van der Waals surface area contributed by atoms with Gasteiger partial charge in [0, 0.05) is 35.6 Å². The second-order valence-corrected chi connectivity index (χ2v) is 6.80. The summed E-state index contributed by atoms with van der Waals surface area (Å²) in [6.45, 7) is 1.51. The van der Waals surface area contributed by atoms with Gasteiger partial charge < -0.3 is 4.74 Å². The molecule has 1 aliphatic rings. The molecule has 1 saturated heterocycles. The molecule has 9 heteroatoms. The Hall–Kier alpha value is -2.78. The van der Waals surface area contributed by atoms with Crippen LogP contribution < -0.4 is 11.1 Å². The van der Waals surface area contributed by atoms with Crippen molar-refractivity contribution in [2.75, 3.05) is 18.5 Å². The third-order valence-corrected chi connectivity index (χ3v) is 5.02. The van der Waals surface area contributed by atoms with Crippen molar-refractivity contribution in [3.05, 3.63) is 51.5 Å². The highest BCUT2D eigenvalue weighted by molar-refractivity contribution is 7.14. The number of hydrogen-bond acceptors (Lipinski definition) is 7. The van der Waals surface area contributed by atoms with Gasteiger partial charge in [-0.1, -0.05) is 17.3 Å². The summed E-state index contributed by atoms with van der Waals surface area (Å²) in [4.78, 5) is 30.4. The molecule has 3 heterocycles. The van der Waals surface area contributed by atoms with Gasteiger partial charge in [0.1, 0.15) is 0 Å². The first-order valence-electron chi connectivity index (χ1n) is 8.20. The fraction of sp³-hybridized carbons (Fsp3) is 0.294. The maximum Gasteiger partial charge on any atom is 0.439 e. The molecule has 0 aliphatic carbocycles. The molecule has 0 spiro atoms. The van der Waals surface area contributed by atoms with Gasteiger partial charge in [0.05, 0.1) is 5.69 Å². The molecule has 0 bridgehead atoms. The number of H-pyrrole nitrogens is 1. The maximum atomic E-state index is 12.4. The molecule has 8 nitrogen and oxygen atoms in total. The van der Waals surface area contributed by atoms with Gasteiger partial charge in [-0.05, 0) is 25.0 Å². The Bertz CT molecular complexity index is 954. The van der Waals surface area contributed by atoms with Crippen molar-refractivity contribution in [2.45, 2.75) is 18.8 Å². The SMILES string of the molecule is O=C(Nc1nc(C2CCOCC2)cs1)c1ccc(-c2noc(=O)[nH]2)cc1. The van der Waals surface area contributed by atoms with Gasteiger partial charge in [-0.25, -0.2) is 9.78 Å². The normalized spacial score (nSPS) is 15.1. The third-order valence-electron chi connectivity index (χ3n) is 4.24. The molecule has 1 aliphatic heterocycles. The van der Waals surface area contributed by atoms with Crippen molar-refractivity contribution < 1.29 is 14.1 Å². The Kier molecular flexibility index (Phi) is 4.63. The lowest BCUT2D eigenvalue weighted by Gasteiger charge is -2.19. The number of amides is 1. The van der Waals surface area contributed by atoms with E-state index in [1.807, 2.05) is 5.38 Å². The van der Waals surface area contributed by atoms with Gasteiger partial charge >= 0.3 is 5.76 Å². The van der Waals surface area contributed by atoms with Crippen LogP contribution in [0, 0.1) is 0 Å². The van der Waals surface area contributed by atoms with Crippen molar-refractivity contribution in [1.29, 1.82) is 0 Å². The van der Waals surface area contributed by atoms with E-state index in [2.05, 4.69) is 25.0 Å². The Labute approximate surface area is 152 Å². The van der Waals surface area contributed by atoms with Gasteiger partial charge in [-0.3, -0.25) is 19.6 Å². The van der Waals surface area contributed by atoms with Crippen molar-refractivity contribution in [2.24, 2.45) is 0 Å². The molecule has 4 rings (SSSR count). The molecule has 134 valence electrons. The number of ether oxygens (including phenoxy) is 1. The molecule has 1 amide bonds. The summed E-state index contributed by atoms with van der Waals surface area (Å²) >= 11 is 1.42. The fourth-order valence-corrected chi connectivity index (χ4v) is 3.61. The van der Waals surface area contributed by atoms with E-state index in [0.717, 1.165) is 31.7 Å². The number of aromatic amines is 1. The molecule has 1 fully saturated rings. The van der Waals surface area contributed by atoms with Crippen molar-refractivity contribution in [3.63, 3.8) is 0 Å². The zero-order chi connectivity index (χ0) is 17.9. The molecule has 0 unspecified atom stereocenters. The summed E-state index contributed by atoms with van der Waals surface area (Å²) in [5.74, 6) is -0.137. The molecular weight excluding hydrogens is 356 g/mol. The van der Waals surface area contributed by atoms with Crippen LogP contribution in [-0.2, 0) is 4.74 Å². The van der Waals surface area contributed by atoms with Crippen LogP contribution >= 0.6 is 11.3 Å². The molecule has 0 saturated carbocycles. The second-order valence-electron chi connectivity index (χ2n) is 5.94. The molecule has 0 radical (unpaired) electrons.